The first-order chi connectivity index (χ1) is 16.6. The lowest BCUT2D eigenvalue weighted by molar-refractivity contribution is -0.0249. The summed E-state index contributed by atoms with van der Waals surface area (Å²) in [7, 11) is 0. The van der Waals surface area contributed by atoms with Crippen LogP contribution in [0.5, 0.6) is 0 Å². The van der Waals surface area contributed by atoms with E-state index < -0.39 is 11.9 Å². The summed E-state index contributed by atoms with van der Waals surface area (Å²) in [6, 6.07) is 4.88. The number of halogens is 2. The average Bonchev–Trinajstić information content (AvgIpc) is 3.32. The number of fused-ring (bicyclic) bond motifs is 1. The third-order valence-corrected chi connectivity index (χ3v) is 6.83. The molecule has 0 bridgehead atoms. The molecule has 10 heteroatoms. The van der Waals surface area contributed by atoms with Gasteiger partial charge in [0.25, 0.3) is 0 Å². The number of ether oxygens (including phenoxy) is 2. The molecule has 1 saturated carbocycles. The minimum atomic E-state index is -0.750. The van der Waals surface area contributed by atoms with Crippen LogP contribution in [-0.4, -0.2) is 39.2 Å². The maximum absolute atomic E-state index is 13.5. The first kappa shape index (κ1) is 25.1. The number of hydrogen-bond acceptors (Lipinski definition) is 5. The van der Waals surface area contributed by atoms with Crippen molar-refractivity contribution in [2.24, 2.45) is 17.8 Å². The van der Waals surface area contributed by atoms with Gasteiger partial charge in [-0.15, -0.1) is 0 Å². The number of rotatable bonds is 5. The fourth-order valence-corrected chi connectivity index (χ4v) is 5.64. The molecule has 4 rings (SSSR count). The topological polar surface area (TPSA) is 90.0 Å². The van der Waals surface area contributed by atoms with Gasteiger partial charge >= 0.3 is 11.9 Å². The summed E-state index contributed by atoms with van der Waals surface area (Å²) in [5.41, 5.74) is 0.297. The van der Waals surface area contributed by atoms with Crippen LogP contribution in [0.15, 0.2) is 18.2 Å². The lowest BCUT2D eigenvalue weighted by Crippen LogP contribution is -2.37. The number of esters is 2. The number of aromatic nitrogens is 3. The predicted octanol–water partition coefficient (Wildman–Crippen LogP) is 6.59. The highest BCUT2D eigenvalue weighted by atomic mass is 35.5. The van der Waals surface area contributed by atoms with Crippen molar-refractivity contribution in [2.75, 3.05) is 6.61 Å². The van der Waals surface area contributed by atoms with Crippen LogP contribution in [0.2, 0.25) is 10.0 Å². The van der Waals surface area contributed by atoms with E-state index in [1.165, 1.54) is 4.52 Å². The first-order valence-electron chi connectivity index (χ1n) is 11.5. The summed E-state index contributed by atoms with van der Waals surface area (Å²) >= 11 is 12.3. The highest BCUT2D eigenvalue weighted by Crippen LogP contribution is 2.38. The Kier molecular flexibility index (Phi) is 7.11. The first-order valence-corrected chi connectivity index (χ1v) is 12.3. The lowest BCUT2D eigenvalue weighted by Gasteiger charge is -2.37. The van der Waals surface area contributed by atoms with E-state index in [-0.39, 0.29) is 47.1 Å². The van der Waals surface area contributed by atoms with Gasteiger partial charge in [-0.25, -0.2) is 23.9 Å². The number of carbonyl (C=O) groups excluding carboxylic acids is 2. The number of benzene rings is 1. The van der Waals surface area contributed by atoms with Crippen molar-refractivity contribution in [3.8, 4) is 11.4 Å². The molecule has 1 aliphatic carbocycles. The number of nitrogens with one attached hydrogen (secondary N) is 1. The maximum atomic E-state index is 13.5. The van der Waals surface area contributed by atoms with Gasteiger partial charge in [0.15, 0.2) is 17.2 Å². The Morgan fingerprint density at radius 3 is 2.34 bits per heavy atom. The van der Waals surface area contributed by atoms with Gasteiger partial charge in [-0.05, 0) is 55.7 Å². The number of aromatic amines is 1. The maximum Gasteiger partial charge on any atom is 0.346 e. The van der Waals surface area contributed by atoms with E-state index in [0.29, 0.717) is 27.4 Å². The molecule has 1 fully saturated rings. The van der Waals surface area contributed by atoms with Crippen molar-refractivity contribution in [3.63, 3.8) is 0 Å². The van der Waals surface area contributed by atoms with Gasteiger partial charge in [0.05, 0.1) is 13.2 Å². The van der Waals surface area contributed by atoms with Crippen LogP contribution >= 0.6 is 23.2 Å². The summed E-state index contributed by atoms with van der Waals surface area (Å²) in [5, 5.41) is 3.78. The monoisotopic (exact) mass is 516 g/mol. The number of hydrogen-bond donors (Lipinski definition) is 1. The molecule has 2 atom stereocenters. The van der Waals surface area contributed by atoms with Crippen LogP contribution in [0.1, 0.15) is 61.4 Å². The molecule has 3 aromatic rings. The van der Waals surface area contributed by atoms with E-state index in [1.54, 1.807) is 25.1 Å². The van der Waals surface area contributed by atoms with Crippen molar-refractivity contribution in [3.05, 3.63) is 50.9 Å². The fraction of sp³-hybridized carbons (Fsp3) is 0.440. The summed E-state index contributed by atoms with van der Waals surface area (Å²) in [6.07, 6.45) is 1.59. The second-order valence-electron chi connectivity index (χ2n) is 9.19. The van der Waals surface area contributed by atoms with Crippen molar-refractivity contribution < 1.29 is 19.1 Å². The molecule has 1 aromatic carbocycles. The van der Waals surface area contributed by atoms with Crippen molar-refractivity contribution in [1.82, 2.24) is 14.6 Å². The van der Waals surface area contributed by atoms with E-state index in [2.05, 4.69) is 35.7 Å². The number of nitrogens with zero attached hydrogens (tertiary/aromatic N) is 3. The van der Waals surface area contributed by atoms with Gasteiger partial charge in [-0.2, -0.15) is 0 Å². The van der Waals surface area contributed by atoms with E-state index in [1.807, 2.05) is 0 Å². The second kappa shape index (κ2) is 9.92. The van der Waals surface area contributed by atoms with Gasteiger partial charge in [0, 0.05) is 15.6 Å². The molecular weight excluding hydrogens is 491 g/mol. The second-order valence-corrected chi connectivity index (χ2v) is 10.1. The zero-order valence-corrected chi connectivity index (χ0v) is 21.4. The predicted molar refractivity (Wildman–Crippen MR) is 133 cm³/mol. The molecule has 0 aliphatic heterocycles. The van der Waals surface area contributed by atoms with Crippen LogP contribution in [0.25, 0.3) is 21.9 Å². The highest BCUT2D eigenvalue weighted by molar-refractivity contribution is 6.35. The van der Waals surface area contributed by atoms with Crippen molar-refractivity contribution >= 4 is 46.5 Å². The zero-order chi connectivity index (χ0) is 25.4. The van der Waals surface area contributed by atoms with Gasteiger partial charge < -0.3 is 9.47 Å². The van der Waals surface area contributed by atoms with Crippen LogP contribution in [0.3, 0.4) is 0 Å². The molecule has 1 aliphatic rings. The molecule has 184 valence electrons. The molecule has 0 saturated heterocycles. The van der Waals surface area contributed by atoms with E-state index in [0.717, 1.165) is 12.8 Å². The third kappa shape index (κ3) is 4.75. The van der Waals surface area contributed by atoms with Crippen molar-refractivity contribution in [2.45, 2.75) is 46.6 Å². The number of H-pyrrole nitrogens is 1. The van der Waals surface area contributed by atoms with Gasteiger partial charge in [0.2, 0.25) is 5.69 Å². The molecule has 0 radical (unpaired) electrons. The van der Waals surface area contributed by atoms with E-state index in [9.17, 15) is 9.59 Å². The summed E-state index contributed by atoms with van der Waals surface area (Å²) in [4.78, 5) is 34.4. The minimum Gasteiger partial charge on any atom is -0.462 e. The van der Waals surface area contributed by atoms with E-state index in [4.69, 9.17) is 39.2 Å². The SMILES string of the molecule is [C-]#[N+]c1c(C(=O)OC2C(C)CC(C)CC2C)c2nc(-c3cc(Cl)cc(Cl)c3)[nH]n2c1C(=O)OCC. The Hall–Kier alpha value is -3.02. The Morgan fingerprint density at radius 2 is 1.77 bits per heavy atom. The van der Waals surface area contributed by atoms with Crippen LogP contribution < -0.4 is 0 Å². The minimum absolute atomic E-state index is 0.0725. The highest BCUT2D eigenvalue weighted by Gasteiger charge is 2.37. The third-order valence-electron chi connectivity index (χ3n) is 6.39. The molecule has 1 N–H and O–H groups in total. The summed E-state index contributed by atoms with van der Waals surface area (Å²) in [6.45, 7) is 15.8. The summed E-state index contributed by atoms with van der Waals surface area (Å²) in [5.74, 6) is -0.248. The number of carbonyl (C=O) groups is 2. The molecule has 0 amide bonds. The van der Waals surface area contributed by atoms with Gasteiger partial charge in [0.1, 0.15) is 11.7 Å². The normalized spacial score (nSPS) is 22.1. The molecular formula is C25H26Cl2N4O4. The average molecular weight is 517 g/mol. The fourth-order valence-electron chi connectivity index (χ4n) is 5.11. The van der Waals surface area contributed by atoms with Crippen LogP contribution in [0, 0.1) is 24.3 Å². The van der Waals surface area contributed by atoms with Crippen LogP contribution in [0.4, 0.5) is 5.69 Å². The molecule has 2 heterocycles. The molecule has 2 aromatic heterocycles. The summed E-state index contributed by atoms with van der Waals surface area (Å²) < 4.78 is 12.4. The Morgan fingerprint density at radius 1 is 1.14 bits per heavy atom. The molecule has 0 spiro atoms. The molecule has 2 unspecified atom stereocenters. The largest absolute Gasteiger partial charge is 0.462 e. The quantitative estimate of drug-likeness (QED) is 0.305. The van der Waals surface area contributed by atoms with Crippen LogP contribution in [-0.2, 0) is 9.47 Å². The van der Waals surface area contributed by atoms with Crippen molar-refractivity contribution in [1.29, 1.82) is 0 Å². The Labute approximate surface area is 213 Å². The zero-order valence-electron chi connectivity index (χ0n) is 19.9. The standard InChI is InChI=1S/C25H26Cl2N4O4/c1-6-34-25(33)20-19(28-5)18(24(32)35-21-13(3)7-12(2)8-14(21)4)23-29-22(30-31(20)23)15-9-16(26)11-17(27)10-15/h9-14,21H,6-8H2,1-4H3,(H,29,30). The smallest absolute Gasteiger partial charge is 0.346 e. The van der Waals surface area contributed by atoms with Gasteiger partial charge in [-0.1, -0.05) is 44.0 Å². The van der Waals surface area contributed by atoms with E-state index >= 15 is 0 Å². The van der Waals surface area contributed by atoms with Gasteiger partial charge in [-0.3, -0.25) is 5.10 Å². The molecule has 35 heavy (non-hydrogen) atoms. The molecule has 8 nitrogen and oxygen atoms in total. The lowest BCUT2D eigenvalue weighted by atomic mass is 9.75. The Balaban J connectivity index is 1.85. The Bertz CT molecular complexity index is 1310.